The second-order valence-corrected chi connectivity index (χ2v) is 3.27. The second-order valence-electron chi connectivity index (χ2n) is 3.27. The van der Waals surface area contributed by atoms with Crippen LogP contribution in [0.4, 0.5) is 0 Å². The lowest BCUT2D eigenvalue weighted by molar-refractivity contribution is -0.151. The Morgan fingerprint density at radius 2 is 2.25 bits per heavy atom. The van der Waals surface area contributed by atoms with Crippen LogP contribution in [0.2, 0.25) is 0 Å². The normalized spacial score (nSPS) is 12.6. The first-order valence-corrected chi connectivity index (χ1v) is 4.61. The van der Waals surface area contributed by atoms with Crippen molar-refractivity contribution in [1.29, 1.82) is 0 Å². The molecule has 5 nitrogen and oxygen atoms in total. The van der Waals surface area contributed by atoms with Crippen molar-refractivity contribution >= 4 is 16.9 Å². The summed E-state index contributed by atoms with van der Waals surface area (Å²) in [6.45, 7) is 0. The topological polar surface area (TPSA) is 79.9 Å². The third-order valence-corrected chi connectivity index (χ3v) is 2.24. The van der Waals surface area contributed by atoms with E-state index in [-0.39, 0.29) is 17.1 Å². The van der Waals surface area contributed by atoms with E-state index < -0.39 is 12.1 Å². The molecule has 84 valence electrons. The summed E-state index contributed by atoms with van der Waals surface area (Å²) < 4.78 is 9.56. The Bertz CT molecular complexity index is 528. The number of aliphatic hydroxyl groups is 1. The number of phenolic OH excluding ortho intramolecular Hbond substituents is 1. The first-order chi connectivity index (χ1) is 7.63. The smallest absolute Gasteiger partial charge is 0.342 e. The highest BCUT2D eigenvalue weighted by molar-refractivity contribution is 5.85. The van der Waals surface area contributed by atoms with Crippen LogP contribution in [0.1, 0.15) is 11.9 Å². The highest BCUT2D eigenvalue weighted by Gasteiger charge is 2.22. The molecule has 0 aliphatic heterocycles. The van der Waals surface area contributed by atoms with Gasteiger partial charge >= 0.3 is 5.97 Å². The van der Waals surface area contributed by atoms with Gasteiger partial charge in [-0.15, -0.1) is 0 Å². The summed E-state index contributed by atoms with van der Waals surface area (Å²) in [4.78, 5) is 11.1. The molecule has 5 heteroatoms. The van der Waals surface area contributed by atoms with Crippen molar-refractivity contribution in [2.75, 3.05) is 7.11 Å². The zero-order valence-corrected chi connectivity index (χ0v) is 8.51. The number of furan rings is 1. The Morgan fingerprint density at radius 1 is 1.50 bits per heavy atom. The van der Waals surface area contributed by atoms with Gasteiger partial charge in [-0.1, -0.05) is 12.1 Å². The number of carbonyl (C=O) groups is 1. The van der Waals surface area contributed by atoms with Crippen LogP contribution in [0.15, 0.2) is 28.7 Å². The number of benzene rings is 1. The zero-order chi connectivity index (χ0) is 11.7. The summed E-state index contributed by atoms with van der Waals surface area (Å²) in [5.74, 6) is -0.803. The largest absolute Gasteiger partial charge is 0.504 e. The van der Waals surface area contributed by atoms with Crippen molar-refractivity contribution in [3.8, 4) is 5.75 Å². The Labute approximate surface area is 90.9 Å². The lowest BCUT2D eigenvalue weighted by Crippen LogP contribution is -2.12. The molecule has 0 spiro atoms. The summed E-state index contributed by atoms with van der Waals surface area (Å²) in [6, 6.07) is 6.28. The molecular formula is C11H10O5. The van der Waals surface area contributed by atoms with E-state index in [1.54, 1.807) is 12.1 Å². The van der Waals surface area contributed by atoms with E-state index in [0.29, 0.717) is 5.39 Å². The number of aliphatic hydroxyl groups excluding tert-OH is 1. The van der Waals surface area contributed by atoms with Gasteiger partial charge in [-0.25, -0.2) is 4.79 Å². The van der Waals surface area contributed by atoms with E-state index in [4.69, 9.17) is 4.42 Å². The maximum Gasteiger partial charge on any atom is 0.342 e. The number of aromatic hydroxyl groups is 1. The van der Waals surface area contributed by atoms with E-state index in [0.717, 1.165) is 0 Å². The number of phenols is 1. The lowest BCUT2D eigenvalue weighted by atomic mass is 10.2. The molecule has 0 amide bonds. The standard InChI is InChI=1S/C11H10O5/c1-15-11(14)9(13)8-5-6-3-2-4-7(12)10(6)16-8/h2-5,9,12-13H,1H3. The predicted octanol–water partition coefficient (Wildman–Crippen LogP) is 1.34. The molecule has 1 aromatic heterocycles. The summed E-state index contributed by atoms with van der Waals surface area (Å²) in [7, 11) is 1.17. The van der Waals surface area contributed by atoms with Gasteiger partial charge in [-0.05, 0) is 12.1 Å². The van der Waals surface area contributed by atoms with Gasteiger partial charge in [-0.2, -0.15) is 0 Å². The maximum atomic E-state index is 11.1. The lowest BCUT2D eigenvalue weighted by Gasteiger charge is -2.03. The van der Waals surface area contributed by atoms with Crippen molar-refractivity contribution in [2.24, 2.45) is 0 Å². The molecule has 2 rings (SSSR count). The SMILES string of the molecule is COC(=O)C(O)c1cc2cccc(O)c2o1. The second kappa shape index (κ2) is 3.86. The predicted molar refractivity (Wildman–Crippen MR) is 54.9 cm³/mol. The van der Waals surface area contributed by atoms with Crippen molar-refractivity contribution in [2.45, 2.75) is 6.10 Å². The van der Waals surface area contributed by atoms with Gasteiger partial charge in [0, 0.05) is 5.39 Å². The van der Waals surface area contributed by atoms with Gasteiger partial charge in [0.15, 0.2) is 11.3 Å². The van der Waals surface area contributed by atoms with E-state index in [9.17, 15) is 15.0 Å². The number of methoxy groups -OCH3 is 1. The molecule has 16 heavy (non-hydrogen) atoms. The van der Waals surface area contributed by atoms with Gasteiger partial charge < -0.3 is 19.4 Å². The monoisotopic (exact) mass is 222 g/mol. The Kier molecular flexibility index (Phi) is 2.54. The summed E-state index contributed by atoms with van der Waals surface area (Å²) in [5.41, 5.74) is 0.237. The van der Waals surface area contributed by atoms with E-state index in [1.165, 1.54) is 19.2 Å². The van der Waals surface area contributed by atoms with E-state index >= 15 is 0 Å². The number of para-hydroxylation sites is 1. The number of hydrogen-bond acceptors (Lipinski definition) is 5. The fourth-order valence-corrected chi connectivity index (χ4v) is 1.43. The van der Waals surface area contributed by atoms with Gasteiger partial charge in [0.2, 0.25) is 6.10 Å². The summed E-state index contributed by atoms with van der Waals surface area (Å²) in [5, 5.41) is 19.6. The van der Waals surface area contributed by atoms with Gasteiger partial charge in [-0.3, -0.25) is 0 Å². The molecule has 0 aliphatic rings. The molecule has 2 aromatic rings. The zero-order valence-electron chi connectivity index (χ0n) is 8.51. The number of rotatable bonds is 2. The fourth-order valence-electron chi connectivity index (χ4n) is 1.43. The highest BCUT2D eigenvalue weighted by Crippen LogP contribution is 2.30. The quantitative estimate of drug-likeness (QED) is 0.749. The van der Waals surface area contributed by atoms with E-state index in [2.05, 4.69) is 4.74 Å². The molecule has 0 bridgehead atoms. The van der Waals surface area contributed by atoms with Crippen molar-refractivity contribution in [3.63, 3.8) is 0 Å². The number of carbonyl (C=O) groups excluding carboxylic acids is 1. The van der Waals surface area contributed by atoms with Crippen LogP contribution in [0, 0.1) is 0 Å². The van der Waals surface area contributed by atoms with Gasteiger partial charge in [0.05, 0.1) is 7.11 Å². The third-order valence-electron chi connectivity index (χ3n) is 2.24. The van der Waals surface area contributed by atoms with Crippen LogP contribution in [-0.2, 0) is 9.53 Å². The number of fused-ring (bicyclic) bond motifs is 1. The first kappa shape index (κ1) is 10.5. The Morgan fingerprint density at radius 3 is 2.88 bits per heavy atom. The average Bonchev–Trinajstić information content (AvgIpc) is 2.72. The van der Waals surface area contributed by atoms with Crippen LogP contribution in [0.25, 0.3) is 11.0 Å². The Hall–Kier alpha value is -2.01. The molecule has 0 saturated carbocycles. The third kappa shape index (κ3) is 1.61. The van der Waals surface area contributed by atoms with Crippen LogP contribution in [0.5, 0.6) is 5.75 Å². The summed E-state index contributed by atoms with van der Waals surface area (Å²) in [6.07, 6.45) is -1.48. The molecular weight excluding hydrogens is 212 g/mol. The number of hydrogen-bond donors (Lipinski definition) is 2. The molecule has 1 unspecified atom stereocenters. The molecule has 0 fully saturated rings. The van der Waals surface area contributed by atoms with Crippen LogP contribution in [-0.4, -0.2) is 23.3 Å². The maximum absolute atomic E-state index is 11.1. The van der Waals surface area contributed by atoms with Crippen LogP contribution in [0.3, 0.4) is 0 Å². The van der Waals surface area contributed by atoms with Crippen LogP contribution >= 0.6 is 0 Å². The molecule has 1 atom stereocenters. The van der Waals surface area contributed by atoms with Gasteiger partial charge in [0.25, 0.3) is 0 Å². The van der Waals surface area contributed by atoms with Crippen molar-refractivity contribution in [1.82, 2.24) is 0 Å². The molecule has 1 aromatic carbocycles. The first-order valence-electron chi connectivity index (χ1n) is 4.61. The molecule has 0 aliphatic carbocycles. The molecule has 1 heterocycles. The minimum absolute atomic E-state index is 0.0409. The molecule has 2 N–H and O–H groups in total. The van der Waals surface area contributed by atoms with Gasteiger partial charge in [0.1, 0.15) is 5.76 Å². The Balaban J connectivity index is 2.47. The van der Waals surface area contributed by atoms with Crippen molar-refractivity contribution < 1.29 is 24.2 Å². The summed E-state index contributed by atoms with van der Waals surface area (Å²) >= 11 is 0. The minimum atomic E-state index is -1.48. The number of esters is 1. The van der Waals surface area contributed by atoms with Crippen molar-refractivity contribution in [3.05, 3.63) is 30.0 Å². The fraction of sp³-hybridized carbons (Fsp3) is 0.182. The van der Waals surface area contributed by atoms with Crippen LogP contribution < -0.4 is 0 Å². The highest BCUT2D eigenvalue weighted by atomic mass is 16.5. The molecule has 0 saturated heterocycles. The number of ether oxygens (including phenoxy) is 1. The molecule has 0 radical (unpaired) electrons. The average molecular weight is 222 g/mol. The van der Waals surface area contributed by atoms with E-state index in [1.807, 2.05) is 0 Å². The minimum Gasteiger partial charge on any atom is -0.504 e.